The van der Waals surface area contributed by atoms with E-state index in [1.807, 2.05) is 54.6 Å². The minimum Gasteiger partial charge on any atom is -0.313 e. The van der Waals surface area contributed by atoms with E-state index in [1.54, 1.807) is 4.90 Å². The van der Waals surface area contributed by atoms with Crippen LogP contribution in [0.15, 0.2) is 73.2 Å². The molecule has 0 fully saturated rings. The molecule has 0 spiro atoms. The highest BCUT2D eigenvalue weighted by Crippen LogP contribution is 2.36. The Balaban J connectivity index is 1.68. The van der Waals surface area contributed by atoms with E-state index in [1.165, 1.54) is 18.6 Å². The molecule has 0 saturated heterocycles. The Morgan fingerprint density at radius 2 is 1.81 bits per heavy atom. The normalized spacial score (nSPS) is 15.8. The lowest BCUT2D eigenvalue weighted by Crippen LogP contribution is -2.42. The van der Waals surface area contributed by atoms with E-state index in [-0.39, 0.29) is 24.3 Å². The fourth-order valence-electron chi connectivity index (χ4n) is 3.30. The standard InChI is InChI=1S/C21H18N4O2/c26-20(18-13-22-10-11-23-18)12-19-16-8-4-5-9-17(16)24-21(27)25(19)14-15-6-2-1-3-7-15/h1-11,13,19H,12,14H2,(H,24,27). The lowest BCUT2D eigenvalue weighted by Gasteiger charge is -2.37. The lowest BCUT2D eigenvalue weighted by atomic mass is 9.95. The number of fused-ring (bicyclic) bond motifs is 1. The van der Waals surface area contributed by atoms with Gasteiger partial charge >= 0.3 is 6.03 Å². The number of carbonyl (C=O) groups excluding carboxylic acids is 2. The number of rotatable bonds is 5. The fraction of sp³-hybridized carbons (Fsp3) is 0.143. The third kappa shape index (κ3) is 3.55. The Labute approximate surface area is 156 Å². The van der Waals surface area contributed by atoms with Crippen molar-refractivity contribution in [2.75, 3.05) is 5.32 Å². The highest BCUT2D eigenvalue weighted by Gasteiger charge is 2.34. The van der Waals surface area contributed by atoms with Gasteiger partial charge in [-0.05, 0) is 17.2 Å². The van der Waals surface area contributed by atoms with Gasteiger partial charge in [0.2, 0.25) is 0 Å². The molecule has 134 valence electrons. The number of ketones is 1. The first-order valence-electron chi connectivity index (χ1n) is 8.72. The van der Waals surface area contributed by atoms with Crippen LogP contribution >= 0.6 is 0 Å². The molecule has 4 rings (SSSR count). The number of hydrogen-bond acceptors (Lipinski definition) is 4. The predicted octanol–water partition coefficient (Wildman–Crippen LogP) is 3.84. The van der Waals surface area contributed by atoms with Gasteiger partial charge < -0.3 is 10.2 Å². The molecule has 2 heterocycles. The van der Waals surface area contributed by atoms with E-state index < -0.39 is 0 Å². The Kier molecular flexibility index (Phi) is 4.61. The van der Waals surface area contributed by atoms with Crippen molar-refractivity contribution in [3.8, 4) is 0 Å². The van der Waals surface area contributed by atoms with Gasteiger partial charge in [-0.25, -0.2) is 9.78 Å². The van der Waals surface area contributed by atoms with Crippen molar-refractivity contribution in [1.29, 1.82) is 0 Å². The SMILES string of the molecule is O=C(CC1c2ccccc2NC(=O)N1Cc1ccccc1)c1cnccn1. The van der Waals surface area contributed by atoms with Crippen molar-refractivity contribution >= 4 is 17.5 Å². The summed E-state index contributed by atoms with van der Waals surface area (Å²) in [6.45, 7) is 0.416. The number of anilines is 1. The third-order valence-electron chi connectivity index (χ3n) is 4.62. The van der Waals surface area contributed by atoms with Gasteiger partial charge in [-0.2, -0.15) is 0 Å². The van der Waals surface area contributed by atoms with Crippen molar-refractivity contribution in [2.24, 2.45) is 0 Å². The molecule has 6 nitrogen and oxygen atoms in total. The second-order valence-electron chi connectivity index (χ2n) is 6.36. The van der Waals surface area contributed by atoms with E-state index in [9.17, 15) is 9.59 Å². The van der Waals surface area contributed by atoms with Crippen molar-refractivity contribution < 1.29 is 9.59 Å². The van der Waals surface area contributed by atoms with Crippen molar-refractivity contribution in [1.82, 2.24) is 14.9 Å². The van der Waals surface area contributed by atoms with Crippen molar-refractivity contribution in [3.63, 3.8) is 0 Å². The molecule has 0 aliphatic carbocycles. The zero-order valence-electron chi connectivity index (χ0n) is 14.6. The monoisotopic (exact) mass is 358 g/mol. The summed E-state index contributed by atoms with van der Waals surface area (Å²) < 4.78 is 0. The van der Waals surface area contributed by atoms with Crippen LogP contribution in [0.5, 0.6) is 0 Å². The molecular formula is C21H18N4O2. The van der Waals surface area contributed by atoms with E-state index in [4.69, 9.17) is 0 Å². The summed E-state index contributed by atoms with van der Waals surface area (Å²) in [6.07, 6.45) is 4.63. The Morgan fingerprint density at radius 3 is 2.59 bits per heavy atom. The molecule has 0 bridgehead atoms. The van der Waals surface area contributed by atoms with Crippen LogP contribution in [0.4, 0.5) is 10.5 Å². The first-order valence-corrected chi connectivity index (χ1v) is 8.72. The molecule has 1 aromatic heterocycles. The van der Waals surface area contributed by atoms with Crippen molar-refractivity contribution in [2.45, 2.75) is 19.0 Å². The molecule has 3 aromatic rings. The van der Waals surface area contributed by atoms with Gasteiger partial charge in [-0.3, -0.25) is 9.78 Å². The van der Waals surface area contributed by atoms with Crippen LogP contribution in [0.2, 0.25) is 0 Å². The zero-order valence-corrected chi connectivity index (χ0v) is 14.6. The number of para-hydroxylation sites is 1. The number of aromatic nitrogens is 2. The first kappa shape index (κ1) is 16.9. The highest BCUT2D eigenvalue weighted by molar-refractivity contribution is 5.97. The van der Waals surface area contributed by atoms with E-state index >= 15 is 0 Å². The third-order valence-corrected chi connectivity index (χ3v) is 4.62. The zero-order chi connectivity index (χ0) is 18.6. The highest BCUT2D eigenvalue weighted by atomic mass is 16.2. The number of amides is 2. The maximum absolute atomic E-state index is 12.8. The van der Waals surface area contributed by atoms with Crippen LogP contribution < -0.4 is 5.32 Å². The summed E-state index contributed by atoms with van der Waals surface area (Å²) in [5.41, 5.74) is 2.97. The number of hydrogen-bond donors (Lipinski definition) is 1. The number of carbonyl (C=O) groups is 2. The summed E-state index contributed by atoms with van der Waals surface area (Å²) in [5.74, 6) is -0.143. The van der Waals surface area contributed by atoms with Gasteiger partial charge in [-0.15, -0.1) is 0 Å². The van der Waals surface area contributed by atoms with Gasteiger partial charge in [0.1, 0.15) is 5.69 Å². The summed E-state index contributed by atoms with van der Waals surface area (Å²) in [4.78, 5) is 35.3. The largest absolute Gasteiger partial charge is 0.322 e. The number of nitrogens with zero attached hydrogens (tertiary/aromatic N) is 3. The topological polar surface area (TPSA) is 75.2 Å². The van der Waals surface area contributed by atoms with Gasteiger partial charge in [0.05, 0.1) is 12.2 Å². The van der Waals surface area contributed by atoms with Crippen LogP contribution in [0.1, 0.15) is 34.1 Å². The van der Waals surface area contributed by atoms with Gasteiger partial charge in [0, 0.05) is 31.0 Å². The maximum atomic E-state index is 12.8. The summed E-state index contributed by atoms with van der Waals surface area (Å²) in [5, 5.41) is 2.92. The number of urea groups is 1. The summed E-state index contributed by atoms with van der Waals surface area (Å²) in [7, 11) is 0. The summed E-state index contributed by atoms with van der Waals surface area (Å²) in [6, 6.07) is 16.7. The smallest absolute Gasteiger partial charge is 0.313 e. The number of benzene rings is 2. The second kappa shape index (κ2) is 7.37. The molecule has 0 radical (unpaired) electrons. The average Bonchev–Trinajstić information content (AvgIpc) is 2.72. The molecule has 0 saturated carbocycles. The predicted molar refractivity (Wildman–Crippen MR) is 101 cm³/mol. The molecule has 2 aromatic carbocycles. The Morgan fingerprint density at radius 1 is 1.04 bits per heavy atom. The molecular weight excluding hydrogens is 340 g/mol. The Bertz CT molecular complexity index is 960. The number of nitrogens with one attached hydrogen (secondary N) is 1. The first-order chi connectivity index (χ1) is 13.2. The van der Waals surface area contributed by atoms with E-state index in [0.717, 1.165) is 16.8 Å². The molecule has 1 aliphatic rings. The van der Waals surface area contributed by atoms with Crippen LogP contribution in [0, 0.1) is 0 Å². The van der Waals surface area contributed by atoms with E-state index in [2.05, 4.69) is 15.3 Å². The molecule has 27 heavy (non-hydrogen) atoms. The molecule has 1 atom stereocenters. The van der Waals surface area contributed by atoms with Crippen molar-refractivity contribution in [3.05, 3.63) is 90.0 Å². The minimum absolute atomic E-state index is 0.143. The molecule has 6 heteroatoms. The lowest BCUT2D eigenvalue weighted by molar-refractivity contribution is 0.0928. The fourth-order valence-corrected chi connectivity index (χ4v) is 3.30. The van der Waals surface area contributed by atoms with Crippen LogP contribution in [0.25, 0.3) is 0 Å². The Hall–Kier alpha value is -3.54. The quantitative estimate of drug-likeness (QED) is 0.703. The maximum Gasteiger partial charge on any atom is 0.322 e. The van der Waals surface area contributed by atoms with Crippen LogP contribution in [0.3, 0.4) is 0 Å². The summed E-state index contributed by atoms with van der Waals surface area (Å²) >= 11 is 0. The second-order valence-corrected chi connectivity index (χ2v) is 6.36. The van der Waals surface area contributed by atoms with Gasteiger partial charge in [-0.1, -0.05) is 48.5 Å². The average molecular weight is 358 g/mol. The minimum atomic E-state index is -0.371. The molecule has 1 N–H and O–H groups in total. The van der Waals surface area contributed by atoms with Crippen LogP contribution in [-0.4, -0.2) is 26.7 Å². The van der Waals surface area contributed by atoms with Crippen LogP contribution in [-0.2, 0) is 6.54 Å². The molecule has 1 unspecified atom stereocenters. The van der Waals surface area contributed by atoms with E-state index in [0.29, 0.717) is 12.2 Å². The molecule has 1 aliphatic heterocycles. The van der Waals surface area contributed by atoms with Gasteiger partial charge in [0.15, 0.2) is 5.78 Å². The number of Topliss-reactive ketones (excluding diaryl/α,β-unsaturated/α-hetero) is 1. The van der Waals surface area contributed by atoms with Gasteiger partial charge in [0.25, 0.3) is 0 Å². The molecule has 2 amide bonds.